The molecule has 0 aliphatic heterocycles. The second kappa shape index (κ2) is 5.38. The fraction of sp³-hybridized carbons (Fsp3) is 0.143. The summed E-state index contributed by atoms with van der Waals surface area (Å²) in [4.78, 5) is 0. The van der Waals surface area contributed by atoms with E-state index in [1.54, 1.807) is 12.1 Å². The lowest BCUT2D eigenvalue weighted by Crippen LogP contribution is -1.99. The molecule has 4 heteroatoms. The van der Waals surface area contributed by atoms with Crippen molar-refractivity contribution in [1.82, 2.24) is 0 Å². The Morgan fingerprint density at radius 3 is 2.72 bits per heavy atom. The number of ether oxygens (including phenoxy) is 1. The zero-order valence-electron chi connectivity index (χ0n) is 9.91. The van der Waals surface area contributed by atoms with Gasteiger partial charge in [-0.1, -0.05) is 23.7 Å². The Hall–Kier alpha value is -1.58. The predicted octanol–water partition coefficient (Wildman–Crippen LogP) is 4.04. The maximum atomic E-state index is 13.7. The molecule has 0 unspecified atom stereocenters. The van der Waals surface area contributed by atoms with E-state index >= 15 is 0 Å². The van der Waals surface area contributed by atoms with Crippen molar-refractivity contribution < 1.29 is 9.13 Å². The van der Waals surface area contributed by atoms with Crippen molar-refractivity contribution in [3.63, 3.8) is 0 Å². The van der Waals surface area contributed by atoms with Gasteiger partial charge in [-0.15, -0.1) is 0 Å². The van der Waals surface area contributed by atoms with E-state index in [1.165, 1.54) is 12.1 Å². The number of rotatable bonds is 3. The standard InChI is InChI=1S/C14H13ClFNO/c1-9-7-11(6-5-10(9)8-17)18-13-4-2-3-12(15)14(13)16/h2-7H,8,17H2,1H3. The minimum Gasteiger partial charge on any atom is -0.454 e. The van der Waals surface area contributed by atoms with Crippen molar-refractivity contribution in [2.75, 3.05) is 0 Å². The monoisotopic (exact) mass is 265 g/mol. The molecule has 0 aliphatic rings. The van der Waals surface area contributed by atoms with Crippen LogP contribution in [0.5, 0.6) is 11.5 Å². The van der Waals surface area contributed by atoms with Crippen LogP contribution >= 0.6 is 11.6 Å². The van der Waals surface area contributed by atoms with Gasteiger partial charge in [0.15, 0.2) is 11.6 Å². The van der Waals surface area contributed by atoms with Gasteiger partial charge in [0.25, 0.3) is 0 Å². The molecule has 0 saturated carbocycles. The molecule has 0 aromatic heterocycles. The van der Waals surface area contributed by atoms with E-state index in [9.17, 15) is 4.39 Å². The largest absolute Gasteiger partial charge is 0.454 e. The summed E-state index contributed by atoms with van der Waals surface area (Å²) in [5.74, 6) is 0.119. The summed E-state index contributed by atoms with van der Waals surface area (Å²) in [6, 6.07) is 10.1. The molecule has 2 N–H and O–H groups in total. The number of hydrogen-bond donors (Lipinski definition) is 1. The third-order valence-electron chi connectivity index (χ3n) is 2.68. The van der Waals surface area contributed by atoms with Crippen molar-refractivity contribution in [2.45, 2.75) is 13.5 Å². The molecule has 0 bridgehead atoms. The highest BCUT2D eigenvalue weighted by atomic mass is 35.5. The third-order valence-corrected chi connectivity index (χ3v) is 2.97. The summed E-state index contributed by atoms with van der Waals surface area (Å²) in [6.07, 6.45) is 0. The molecule has 0 spiro atoms. The van der Waals surface area contributed by atoms with E-state index in [0.717, 1.165) is 11.1 Å². The van der Waals surface area contributed by atoms with E-state index in [2.05, 4.69) is 0 Å². The Bertz CT molecular complexity index is 572. The van der Waals surface area contributed by atoms with Crippen molar-refractivity contribution in [2.24, 2.45) is 5.73 Å². The Morgan fingerprint density at radius 1 is 1.28 bits per heavy atom. The summed E-state index contributed by atoms with van der Waals surface area (Å²) >= 11 is 5.69. The summed E-state index contributed by atoms with van der Waals surface area (Å²) < 4.78 is 19.1. The van der Waals surface area contributed by atoms with Crippen molar-refractivity contribution in [1.29, 1.82) is 0 Å². The maximum absolute atomic E-state index is 13.7. The number of hydrogen-bond acceptors (Lipinski definition) is 2. The van der Waals surface area contributed by atoms with Gasteiger partial charge in [0.2, 0.25) is 0 Å². The highest BCUT2D eigenvalue weighted by Gasteiger charge is 2.08. The van der Waals surface area contributed by atoms with E-state index in [-0.39, 0.29) is 10.8 Å². The normalized spacial score (nSPS) is 10.4. The molecule has 0 radical (unpaired) electrons. The van der Waals surface area contributed by atoms with Crippen LogP contribution in [0.2, 0.25) is 5.02 Å². The van der Waals surface area contributed by atoms with Crippen LogP contribution in [0, 0.1) is 12.7 Å². The van der Waals surface area contributed by atoms with Gasteiger partial charge in [-0.25, -0.2) is 4.39 Å². The molecule has 94 valence electrons. The van der Waals surface area contributed by atoms with Crippen LogP contribution in [-0.4, -0.2) is 0 Å². The molecule has 0 saturated heterocycles. The summed E-state index contributed by atoms with van der Waals surface area (Å²) in [7, 11) is 0. The fourth-order valence-electron chi connectivity index (χ4n) is 1.65. The highest BCUT2D eigenvalue weighted by molar-refractivity contribution is 6.30. The molecule has 0 heterocycles. The topological polar surface area (TPSA) is 35.2 Å². The summed E-state index contributed by atoms with van der Waals surface area (Å²) in [5, 5.41) is 0.0443. The first-order valence-corrected chi connectivity index (χ1v) is 5.91. The van der Waals surface area contributed by atoms with Crippen molar-refractivity contribution in [3.05, 3.63) is 58.4 Å². The second-order valence-electron chi connectivity index (χ2n) is 3.95. The zero-order chi connectivity index (χ0) is 13.1. The molecular weight excluding hydrogens is 253 g/mol. The Kier molecular flexibility index (Phi) is 3.84. The van der Waals surface area contributed by atoms with Crippen LogP contribution < -0.4 is 10.5 Å². The summed E-state index contributed by atoms with van der Waals surface area (Å²) in [5.41, 5.74) is 7.63. The van der Waals surface area contributed by atoms with Crippen LogP contribution in [0.4, 0.5) is 4.39 Å². The highest BCUT2D eigenvalue weighted by Crippen LogP contribution is 2.29. The quantitative estimate of drug-likeness (QED) is 0.909. The molecule has 18 heavy (non-hydrogen) atoms. The molecule has 0 aliphatic carbocycles. The van der Waals surface area contributed by atoms with Crippen LogP contribution in [-0.2, 0) is 6.54 Å². The van der Waals surface area contributed by atoms with E-state index < -0.39 is 5.82 Å². The molecule has 0 fully saturated rings. The van der Waals surface area contributed by atoms with E-state index in [0.29, 0.717) is 12.3 Å². The maximum Gasteiger partial charge on any atom is 0.184 e. The first-order valence-electron chi connectivity index (χ1n) is 5.53. The van der Waals surface area contributed by atoms with Crippen LogP contribution in [0.25, 0.3) is 0 Å². The number of benzene rings is 2. The number of aryl methyl sites for hydroxylation is 1. The Balaban J connectivity index is 2.29. The molecule has 0 amide bonds. The second-order valence-corrected chi connectivity index (χ2v) is 4.35. The van der Waals surface area contributed by atoms with Gasteiger partial charge in [-0.2, -0.15) is 0 Å². The van der Waals surface area contributed by atoms with Crippen LogP contribution in [0.15, 0.2) is 36.4 Å². The average molecular weight is 266 g/mol. The molecule has 2 aromatic rings. The number of halogens is 2. The van der Waals surface area contributed by atoms with Crippen molar-refractivity contribution in [3.8, 4) is 11.5 Å². The van der Waals surface area contributed by atoms with Crippen molar-refractivity contribution >= 4 is 11.6 Å². The van der Waals surface area contributed by atoms with Gasteiger partial charge in [0, 0.05) is 6.54 Å². The van der Waals surface area contributed by atoms with Crippen LogP contribution in [0.1, 0.15) is 11.1 Å². The third kappa shape index (κ3) is 2.63. The first-order chi connectivity index (χ1) is 8.61. The van der Waals surface area contributed by atoms with Gasteiger partial charge < -0.3 is 10.5 Å². The van der Waals surface area contributed by atoms with E-state index in [1.807, 2.05) is 19.1 Å². The average Bonchev–Trinajstić information content (AvgIpc) is 2.35. The van der Waals surface area contributed by atoms with Gasteiger partial charge in [0.05, 0.1) is 5.02 Å². The Morgan fingerprint density at radius 2 is 2.06 bits per heavy atom. The first kappa shape index (κ1) is 12.9. The predicted molar refractivity (Wildman–Crippen MR) is 70.6 cm³/mol. The molecule has 2 rings (SSSR count). The fourth-order valence-corrected chi connectivity index (χ4v) is 1.82. The number of nitrogens with two attached hydrogens (primary N) is 1. The zero-order valence-corrected chi connectivity index (χ0v) is 10.7. The minimum absolute atomic E-state index is 0.0443. The van der Waals surface area contributed by atoms with Gasteiger partial charge in [-0.05, 0) is 42.3 Å². The lowest BCUT2D eigenvalue weighted by molar-refractivity contribution is 0.442. The van der Waals surface area contributed by atoms with Crippen LogP contribution in [0.3, 0.4) is 0 Å². The Labute approximate surface area is 110 Å². The minimum atomic E-state index is -0.556. The SMILES string of the molecule is Cc1cc(Oc2cccc(Cl)c2F)ccc1CN. The lowest BCUT2D eigenvalue weighted by Gasteiger charge is -2.10. The smallest absolute Gasteiger partial charge is 0.184 e. The van der Waals surface area contributed by atoms with Gasteiger partial charge in [-0.3, -0.25) is 0 Å². The molecule has 0 atom stereocenters. The molecule has 2 nitrogen and oxygen atoms in total. The van der Waals surface area contributed by atoms with E-state index in [4.69, 9.17) is 22.1 Å². The molecular formula is C14H13ClFNO. The summed E-state index contributed by atoms with van der Waals surface area (Å²) in [6.45, 7) is 2.40. The van der Waals surface area contributed by atoms with Gasteiger partial charge >= 0.3 is 0 Å². The molecule has 2 aromatic carbocycles. The lowest BCUT2D eigenvalue weighted by atomic mass is 10.1. The van der Waals surface area contributed by atoms with Gasteiger partial charge in [0.1, 0.15) is 5.75 Å².